The van der Waals surface area contributed by atoms with E-state index in [0.29, 0.717) is 47.8 Å². The van der Waals surface area contributed by atoms with Crippen LogP contribution in [0.15, 0.2) is 65.7 Å². The Kier molecular flexibility index (Phi) is 7.46. The van der Waals surface area contributed by atoms with Crippen LogP contribution in [-0.4, -0.2) is 67.1 Å². The molecule has 1 aliphatic heterocycles. The molecule has 1 aliphatic rings. The number of pyridine rings is 3. The third-order valence-corrected chi connectivity index (χ3v) is 7.99. The Balaban J connectivity index is 1.33. The number of amides is 2. The first-order chi connectivity index (χ1) is 19.1. The van der Waals surface area contributed by atoms with E-state index in [1.807, 2.05) is 35.2 Å². The summed E-state index contributed by atoms with van der Waals surface area (Å²) in [5, 5.41) is 6.75. The van der Waals surface area contributed by atoms with Crippen LogP contribution in [0.4, 0.5) is 5.82 Å². The van der Waals surface area contributed by atoms with Crippen molar-refractivity contribution in [3.8, 4) is 11.4 Å². The molecule has 5 rings (SSSR count). The molecule has 4 N–H and O–H groups in total. The minimum Gasteiger partial charge on any atom is -0.368 e. The molecule has 40 heavy (non-hydrogen) atoms. The number of nitrogens with two attached hydrogens (primary N) is 1. The van der Waals surface area contributed by atoms with Crippen LogP contribution in [0.25, 0.3) is 22.3 Å². The summed E-state index contributed by atoms with van der Waals surface area (Å²) in [6.07, 6.45) is 2.81. The zero-order valence-electron chi connectivity index (χ0n) is 22.1. The van der Waals surface area contributed by atoms with Gasteiger partial charge >= 0.3 is 0 Å². The largest absolute Gasteiger partial charge is 0.368 e. The third kappa shape index (κ3) is 5.92. The van der Waals surface area contributed by atoms with Gasteiger partial charge in [-0.15, -0.1) is 0 Å². The number of primary amides is 1. The molecule has 12 heteroatoms. The number of nitrogens with zero attached hydrogens (tertiary/aromatic N) is 4. The third-order valence-electron chi connectivity index (χ3n) is 6.75. The standard InChI is InChI=1S/C28H29N7O4S/c1-17-6-7-18(12-25(17)40(2,38)39)28(37)32-15-20-13-23-19(14-31-20)8-9-22(33-23)21-4-3-5-26(34-21)35-11-10-30-24(16-35)27(29)36/h3-9,12-14,24,30H,10-11,15-16H2,1-2H3,(H2,29,36)(H,32,37). The van der Waals surface area contributed by atoms with E-state index in [1.165, 1.54) is 6.07 Å². The Bertz CT molecular complexity index is 1730. The molecule has 1 aromatic carbocycles. The van der Waals surface area contributed by atoms with Gasteiger partial charge in [0.2, 0.25) is 5.91 Å². The van der Waals surface area contributed by atoms with Gasteiger partial charge < -0.3 is 21.3 Å². The monoisotopic (exact) mass is 559 g/mol. The number of benzene rings is 1. The molecule has 0 spiro atoms. The molecule has 1 atom stereocenters. The minimum atomic E-state index is -3.45. The van der Waals surface area contributed by atoms with Crippen LogP contribution in [0.2, 0.25) is 0 Å². The number of sulfone groups is 1. The highest BCUT2D eigenvalue weighted by atomic mass is 32.2. The van der Waals surface area contributed by atoms with E-state index < -0.39 is 27.7 Å². The maximum absolute atomic E-state index is 12.7. The number of hydrogen-bond acceptors (Lipinski definition) is 9. The van der Waals surface area contributed by atoms with E-state index >= 15 is 0 Å². The van der Waals surface area contributed by atoms with Gasteiger partial charge in [0.05, 0.1) is 34.0 Å². The summed E-state index contributed by atoms with van der Waals surface area (Å²) >= 11 is 0. The van der Waals surface area contributed by atoms with E-state index in [-0.39, 0.29) is 17.0 Å². The van der Waals surface area contributed by atoms with Gasteiger partial charge in [0.25, 0.3) is 5.91 Å². The number of rotatable bonds is 7. The number of aryl methyl sites for hydroxylation is 1. The summed E-state index contributed by atoms with van der Waals surface area (Å²) in [4.78, 5) is 40.5. The number of carbonyl (C=O) groups excluding carboxylic acids is 2. The number of nitrogens with one attached hydrogen (secondary N) is 2. The zero-order valence-corrected chi connectivity index (χ0v) is 22.9. The van der Waals surface area contributed by atoms with Crippen molar-refractivity contribution >= 4 is 38.4 Å². The molecule has 0 radical (unpaired) electrons. The number of aromatic nitrogens is 3. The molecule has 0 aliphatic carbocycles. The van der Waals surface area contributed by atoms with Crippen molar-refractivity contribution in [1.29, 1.82) is 0 Å². The van der Waals surface area contributed by atoms with Gasteiger partial charge in [-0.2, -0.15) is 0 Å². The fourth-order valence-electron chi connectivity index (χ4n) is 4.60. The summed E-state index contributed by atoms with van der Waals surface area (Å²) < 4.78 is 24.0. The molecule has 3 aromatic heterocycles. The molecule has 0 bridgehead atoms. The lowest BCUT2D eigenvalue weighted by molar-refractivity contribution is -0.120. The molecule has 11 nitrogen and oxygen atoms in total. The van der Waals surface area contributed by atoms with E-state index in [1.54, 1.807) is 31.3 Å². The first-order valence-electron chi connectivity index (χ1n) is 12.7. The Morgan fingerprint density at radius 1 is 1.10 bits per heavy atom. The summed E-state index contributed by atoms with van der Waals surface area (Å²) in [6, 6.07) is 15.4. The van der Waals surface area contributed by atoms with Crippen LogP contribution in [0, 0.1) is 6.92 Å². The lowest BCUT2D eigenvalue weighted by Crippen LogP contribution is -2.56. The highest BCUT2D eigenvalue weighted by Gasteiger charge is 2.24. The van der Waals surface area contributed by atoms with Gasteiger partial charge in [-0.05, 0) is 55.0 Å². The molecule has 1 unspecified atom stereocenters. The van der Waals surface area contributed by atoms with E-state index in [4.69, 9.17) is 15.7 Å². The SMILES string of the molecule is Cc1ccc(C(=O)NCc2cc3nc(-c4cccc(N5CCNC(C(N)=O)C5)n4)ccc3cn2)cc1S(C)(=O)=O. The number of fused-ring (bicyclic) bond motifs is 1. The molecule has 4 heterocycles. The van der Waals surface area contributed by atoms with Gasteiger partial charge in [0.15, 0.2) is 9.84 Å². The summed E-state index contributed by atoms with van der Waals surface area (Å²) in [6.45, 7) is 3.60. The van der Waals surface area contributed by atoms with Gasteiger partial charge in [0.1, 0.15) is 11.9 Å². The van der Waals surface area contributed by atoms with Crippen molar-refractivity contribution in [2.24, 2.45) is 5.73 Å². The highest BCUT2D eigenvalue weighted by molar-refractivity contribution is 7.90. The smallest absolute Gasteiger partial charge is 0.251 e. The van der Waals surface area contributed by atoms with Gasteiger partial charge in [-0.3, -0.25) is 14.6 Å². The molecular formula is C28H29N7O4S. The zero-order chi connectivity index (χ0) is 28.4. The Hall–Kier alpha value is -4.42. The van der Waals surface area contributed by atoms with Crippen molar-refractivity contribution in [2.45, 2.75) is 24.4 Å². The number of anilines is 1. The fourth-order valence-corrected chi connectivity index (χ4v) is 5.60. The number of carbonyl (C=O) groups is 2. The molecule has 206 valence electrons. The van der Waals surface area contributed by atoms with Crippen molar-refractivity contribution < 1.29 is 18.0 Å². The van der Waals surface area contributed by atoms with Crippen LogP contribution in [-0.2, 0) is 21.2 Å². The van der Waals surface area contributed by atoms with Crippen LogP contribution < -0.4 is 21.3 Å². The molecule has 4 aromatic rings. The predicted molar refractivity (Wildman–Crippen MR) is 151 cm³/mol. The van der Waals surface area contributed by atoms with Crippen molar-refractivity contribution in [2.75, 3.05) is 30.8 Å². The van der Waals surface area contributed by atoms with Crippen molar-refractivity contribution in [1.82, 2.24) is 25.6 Å². The second kappa shape index (κ2) is 11.0. The number of piperazine rings is 1. The Morgan fingerprint density at radius 3 is 2.67 bits per heavy atom. The van der Waals surface area contributed by atoms with Crippen LogP contribution in [0.5, 0.6) is 0 Å². The van der Waals surface area contributed by atoms with Gasteiger partial charge in [-0.1, -0.05) is 12.1 Å². The molecule has 1 fully saturated rings. The molecule has 0 saturated carbocycles. The van der Waals surface area contributed by atoms with E-state index in [9.17, 15) is 18.0 Å². The average Bonchev–Trinajstić information content (AvgIpc) is 2.95. The van der Waals surface area contributed by atoms with Crippen molar-refractivity contribution in [3.05, 3.63) is 77.6 Å². The van der Waals surface area contributed by atoms with Gasteiger partial charge in [0, 0.05) is 43.0 Å². The lowest BCUT2D eigenvalue weighted by Gasteiger charge is -2.33. The van der Waals surface area contributed by atoms with E-state index in [0.717, 1.165) is 17.5 Å². The van der Waals surface area contributed by atoms with Crippen molar-refractivity contribution in [3.63, 3.8) is 0 Å². The Morgan fingerprint density at radius 2 is 1.90 bits per heavy atom. The quantitative estimate of drug-likeness (QED) is 0.305. The first-order valence-corrected chi connectivity index (χ1v) is 14.6. The second-order valence-electron chi connectivity index (χ2n) is 9.74. The number of hydrogen-bond donors (Lipinski definition) is 3. The predicted octanol–water partition coefficient (Wildman–Crippen LogP) is 1.60. The normalized spacial score (nSPS) is 15.7. The van der Waals surface area contributed by atoms with E-state index in [2.05, 4.69) is 15.6 Å². The fraction of sp³-hybridized carbons (Fsp3) is 0.250. The first kappa shape index (κ1) is 27.2. The van der Waals surface area contributed by atoms with Gasteiger partial charge in [-0.25, -0.2) is 18.4 Å². The van der Waals surface area contributed by atoms with Crippen LogP contribution in [0.3, 0.4) is 0 Å². The highest BCUT2D eigenvalue weighted by Crippen LogP contribution is 2.23. The maximum Gasteiger partial charge on any atom is 0.251 e. The average molecular weight is 560 g/mol. The van der Waals surface area contributed by atoms with Crippen LogP contribution >= 0.6 is 0 Å². The minimum absolute atomic E-state index is 0.128. The molecule has 1 saturated heterocycles. The Labute approximate surface area is 231 Å². The summed E-state index contributed by atoms with van der Waals surface area (Å²) in [5.74, 6) is -0.0587. The summed E-state index contributed by atoms with van der Waals surface area (Å²) in [5.41, 5.74) is 8.96. The summed E-state index contributed by atoms with van der Waals surface area (Å²) in [7, 11) is -3.45. The topological polar surface area (TPSA) is 160 Å². The maximum atomic E-state index is 12.7. The van der Waals surface area contributed by atoms with Crippen LogP contribution in [0.1, 0.15) is 21.6 Å². The second-order valence-corrected chi connectivity index (χ2v) is 11.7. The lowest BCUT2D eigenvalue weighted by atomic mass is 10.1. The molecular weight excluding hydrogens is 530 g/mol. The molecule has 2 amide bonds.